The van der Waals surface area contributed by atoms with Crippen LogP contribution in [0.15, 0.2) is 60.0 Å². The number of methoxy groups -OCH3 is 1. The average molecular weight is 496 g/mol. The van der Waals surface area contributed by atoms with Crippen LogP contribution in [0.4, 0.5) is 0 Å². The van der Waals surface area contributed by atoms with Crippen molar-refractivity contribution in [3.63, 3.8) is 0 Å². The largest absolute Gasteiger partial charge is 0.497 e. The molecule has 0 spiro atoms. The number of benzene rings is 1. The summed E-state index contributed by atoms with van der Waals surface area (Å²) in [6.45, 7) is 5.95. The van der Waals surface area contributed by atoms with Crippen LogP contribution in [0.3, 0.4) is 0 Å². The van der Waals surface area contributed by atoms with Gasteiger partial charge in [0.2, 0.25) is 0 Å². The van der Waals surface area contributed by atoms with Gasteiger partial charge in [0.25, 0.3) is 0 Å². The number of aliphatic hydroxyl groups excluding tert-OH is 1. The van der Waals surface area contributed by atoms with Gasteiger partial charge in [-0.25, -0.2) is 4.98 Å². The predicted molar refractivity (Wildman–Crippen MR) is 127 cm³/mol. The summed E-state index contributed by atoms with van der Waals surface area (Å²) in [5, 5.41) is 12.6. The first-order valence-corrected chi connectivity index (χ1v) is 11.7. The van der Waals surface area contributed by atoms with Crippen LogP contribution in [0.5, 0.6) is 17.2 Å². The van der Waals surface area contributed by atoms with Crippen molar-refractivity contribution < 1.29 is 14.6 Å². The Balaban J connectivity index is 1.60. The molecule has 0 amide bonds. The number of aromatic nitrogens is 2. The smallest absolute Gasteiger partial charge is 0.160 e. The fraction of sp³-hybridized carbons (Fsp3) is 0.360. The van der Waals surface area contributed by atoms with Crippen molar-refractivity contribution in [3.8, 4) is 17.2 Å². The zero-order valence-electron chi connectivity index (χ0n) is 17.9. The highest BCUT2D eigenvalue weighted by Gasteiger charge is 2.43. The van der Waals surface area contributed by atoms with Gasteiger partial charge in [-0.15, -0.1) is 6.58 Å². The van der Waals surface area contributed by atoms with Crippen LogP contribution in [0.25, 0.3) is 10.9 Å². The molecule has 32 heavy (non-hydrogen) atoms. The lowest BCUT2D eigenvalue weighted by molar-refractivity contribution is -0.0449. The number of aliphatic hydroxyl groups is 1. The van der Waals surface area contributed by atoms with Crippen LogP contribution in [0.2, 0.25) is 0 Å². The van der Waals surface area contributed by atoms with E-state index in [0.717, 1.165) is 42.4 Å². The Morgan fingerprint density at radius 1 is 1.28 bits per heavy atom. The first kappa shape index (κ1) is 21.4. The third-order valence-corrected chi connectivity index (χ3v) is 7.43. The molecule has 3 saturated heterocycles. The number of halogens is 1. The monoisotopic (exact) mass is 495 g/mol. The van der Waals surface area contributed by atoms with Crippen molar-refractivity contribution >= 4 is 26.8 Å². The van der Waals surface area contributed by atoms with Crippen LogP contribution in [0, 0.1) is 11.8 Å². The molecule has 0 aliphatic carbocycles. The molecule has 0 saturated carbocycles. The van der Waals surface area contributed by atoms with Crippen molar-refractivity contribution in [1.82, 2.24) is 14.9 Å². The topological polar surface area (TPSA) is 67.7 Å². The second-order valence-electron chi connectivity index (χ2n) is 8.50. The van der Waals surface area contributed by atoms with E-state index < -0.39 is 6.10 Å². The van der Waals surface area contributed by atoms with Gasteiger partial charge in [-0.05, 0) is 77.5 Å². The van der Waals surface area contributed by atoms with E-state index >= 15 is 0 Å². The third kappa shape index (κ3) is 3.78. The number of hydrogen-bond donors (Lipinski definition) is 1. The minimum absolute atomic E-state index is 0.0152. The van der Waals surface area contributed by atoms with Gasteiger partial charge in [-0.1, -0.05) is 6.08 Å². The maximum atomic E-state index is 11.8. The van der Waals surface area contributed by atoms with Crippen molar-refractivity contribution in [3.05, 3.63) is 65.5 Å². The summed E-state index contributed by atoms with van der Waals surface area (Å²) in [5.74, 6) is 2.85. The zero-order valence-corrected chi connectivity index (χ0v) is 19.5. The molecule has 2 unspecified atom stereocenters. The van der Waals surface area contributed by atoms with E-state index in [2.05, 4.69) is 43.5 Å². The molecule has 6 nitrogen and oxygen atoms in total. The van der Waals surface area contributed by atoms with Crippen molar-refractivity contribution in [2.75, 3.05) is 20.2 Å². The standard InChI is InChI=1S/C25H26BrN3O3/c1-3-15-14-29-10-8-16(15)11-20(29)24(30)23-18-12-17(31-2)6-7-19(18)28-13-22(23)32-21-5-4-9-27-25(21)26/h3-7,9,12-13,15-16,20,24,30H,1,8,10-11,14H2,2H3/t15-,16?,20-,24-/m0/s1. The molecule has 6 rings (SSSR count). The molecule has 166 valence electrons. The molecular weight excluding hydrogens is 470 g/mol. The van der Waals surface area contributed by atoms with E-state index in [1.165, 1.54) is 0 Å². The molecule has 3 fully saturated rings. The maximum Gasteiger partial charge on any atom is 0.160 e. The van der Waals surface area contributed by atoms with Gasteiger partial charge in [0.15, 0.2) is 11.5 Å². The molecule has 7 heteroatoms. The quantitative estimate of drug-likeness (QED) is 0.378. The molecule has 3 aromatic rings. The van der Waals surface area contributed by atoms with E-state index in [0.29, 0.717) is 33.7 Å². The molecule has 3 aliphatic rings. The van der Waals surface area contributed by atoms with Crippen LogP contribution >= 0.6 is 15.9 Å². The van der Waals surface area contributed by atoms with Gasteiger partial charge in [0.1, 0.15) is 10.4 Å². The number of ether oxygens (including phenoxy) is 2. The summed E-state index contributed by atoms with van der Waals surface area (Å²) in [5.41, 5.74) is 1.52. The Morgan fingerprint density at radius 2 is 2.16 bits per heavy atom. The predicted octanol–water partition coefficient (Wildman–Crippen LogP) is 5.12. The molecule has 2 bridgehead atoms. The van der Waals surface area contributed by atoms with Gasteiger partial charge in [-0.3, -0.25) is 9.88 Å². The Labute approximate surface area is 196 Å². The molecule has 1 N–H and O–H groups in total. The first-order valence-electron chi connectivity index (χ1n) is 10.9. The Hall–Kier alpha value is -2.48. The van der Waals surface area contributed by atoms with Gasteiger partial charge in [-0.2, -0.15) is 0 Å². The van der Waals surface area contributed by atoms with Gasteiger partial charge < -0.3 is 14.6 Å². The molecule has 1 aromatic carbocycles. The maximum absolute atomic E-state index is 11.8. The van der Waals surface area contributed by atoms with Gasteiger partial charge >= 0.3 is 0 Å². The second-order valence-corrected chi connectivity index (χ2v) is 9.26. The Bertz CT molecular complexity index is 1150. The van der Waals surface area contributed by atoms with Gasteiger partial charge in [0, 0.05) is 29.7 Å². The highest BCUT2D eigenvalue weighted by atomic mass is 79.9. The van der Waals surface area contributed by atoms with Crippen LogP contribution in [-0.4, -0.2) is 46.2 Å². The molecular formula is C25H26BrN3O3. The zero-order chi connectivity index (χ0) is 22.2. The SMILES string of the molecule is C=C[C@H]1CN2CCC1C[C@H]2[C@H](O)c1c(Oc2cccnc2Br)cnc2ccc(OC)cc12. The Kier molecular flexibility index (Phi) is 5.88. The summed E-state index contributed by atoms with van der Waals surface area (Å²) in [6.07, 6.45) is 6.80. The molecule has 2 aromatic heterocycles. The number of piperidine rings is 3. The summed E-state index contributed by atoms with van der Waals surface area (Å²) >= 11 is 3.45. The summed E-state index contributed by atoms with van der Waals surface area (Å²) in [7, 11) is 1.64. The Morgan fingerprint density at radius 3 is 2.88 bits per heavy atom. The van der Waals surface area contributed by atoms with Gasteiger partial charge in [0.05, 0.1) is 24.9 Å². The minimum atomic E-state index is -0.730. The number of nitrogens with zero attached hydrogens (tertiary/aromatic N) is 3. The fourth-order valence-corrected chi connectivity index (χ4v) is 5.48. The fourth-order valence-electron chi connectivity index (χ4n) is 5.15. The van der Waals surface area contributed by atoms with Crippen molar-refractivity contribution in [2.45, 2.75) is 25.0 Å². The second kappa shape index (κ2) is 8.81. The lowest BCUT2D eigenvalue weighted by Crippen LogP contribution is -2.54. The molecule has 0 radical (unpaired) electrons. The van der Waals surface area contributed by atoms with Crippen LogP contribution < -0.4 is 9.47 Å². The lowest BCUT2D eigenvalue weighted by Gasteiger charge is -2.50. The highest BCUT2D eigenvalue weighted by Crippen LogP contribution is 2.45. The van der Waals surface area contributed by atoms with Crippen LogP contribution in [-0.2, 0) is 0 Å². The van der Waals surface area contributed by atoms with Crippen molar-refractivity contribution in [1.29, 1.82) is 0 Å². The first-order chi connectivity index (χ1) is 15.6. The summed E-state index contributed by atoms with van der Waals surface area (Å²) < 4.78 is 12.3. The molecule has 5 atom stereocenters. The van der Waals surface area contributed by atoms with E-state index in [-0.39, 0.29) is 6.04 Å². The summed E-state index contributed by atoms with van der Waals surface area (Å²) in [4.78, 5) is 11.2. The third-order valence-electron chi connectivity index (χ3n) is 6.84. The van der Waals surface area contributed by atoms with E-state index in [4.69, 9.17) is 9.47 Å². The lowest BCUT2D eigenvalue weighted by atomic mass is 9.73. The van der Waals surface area contributed by atoms with Crippen molar-refractivity contribution in [2.24, 2.45) is 11.8 Å². The normalized spacial score (nSPS) is 25.5. The summed E-state index contributed by atoms with van der Waals surface area (Å²) in [6, 6.07) is 9.38. The number of pyridine rings is 2. The average Bonchev–Trinajstić information content (AvgIpc) is 2.84. The highest BCUT2D eigenvalue weighted by molar-refractivity contribution is 9.10. The molecule has 3 aliphatic heterocycles. The number of fused-ring (bicyclic) bond motifs is 4. The number of hydrogen-bond acceptors (Lipinski definition) is 6. The van der Waals surface area contributed by atoms with E-state index in [1.54, 1.807) is 19.5 Å². The molecule has 5 heterocycles. The van der Waals surface area contributed by atoms with E-state index in [1.807, 2.05) is 30.3 Å². The minimum Gasteiger partial charge on any atom is -0.497 e. The van der Waals surface area contributed by atoms with E-state index in [9.17, 15) is 5.11 Å². The van der Waals surface area contributed by atoms with Crippen LogP contribution in [0.1, 0.15) is 24.5 Å². The number of rotatable bonds is 6.